The lowest BCUT2D eigenvalue weighted by atomic mass is 9.92. The zero-order valence-electron chi connectivity index (χ0n) is 15.5. The molecule has 1 unspecified atom stereocenters. The summed E-state index contributed by atoms with van der Waals surface area (Å²) < 4.78 is 2.29. The van der Waals surface area contributed by atoms with E-state index >= 15 is 0 Å². The molecular weight excluding hydrogens is 369 g/mol. The van der Waals surface area contributed by atoms with Crippen LogP contribution in [-0.2, 0) is 11.3 Å². The molecule has 1 aromatic heterocycles. The maximum Gasteiger partial charge on any atom is 0.228 e. The van der Waals surface area contributed by atoms with Gasteiger partial charge in [0.05, 0.1) is 0 Å². The summed E-state index contributed by atoms with van der Waals surface area (Å²) in [5.41, 5.74) is 2.45. The number of hydrogen-bond donors (Lipinski definition) is 2. The van der Waals surface area contributed by atoms with Crippen LogP contribution in [0.15, 0.2) is 30.5 Å². The number of piperidine rings is 1. The number of nitrogens with zero attached hydrogens (tertiary/aromatic N) is 1. The topological polar surface area (TPSA) is 46.1 Å². The first-order valence-electron chi connectivity index (χ1n) is 9.18. The van der Waals surface area contributed by atoms with E-state index in [0.717, 1.165) is 44.6 Å². The Hall–Kier alpha value is -1.23. The Kier molecular flexibility index (Phi) is 6.65. The summed E-state index contributed by atoms with van der Waals surface area (Å²) in [6.45, 7) is 7.59. The number of carbonyl (C=O) groups excluding carboxylic acids is 1. The molecule has 0 radical (unpaired) electrons. The van der Waals surface area contributed by atoms with Gasteiger partial charge in [-0.25, -0.2) is 0 Å². The second-order valence-electron chi connectivity index (χ2n) is 7.99. The first-order chi connectivity index (χ1) is 11.6. The van der Waals surface area contributed by atoms with Crippen LogP contribution in [0, 0.1) is 17.3 Å². The Bertz CT molecular complexity index is 766. The molecule has 1 aliphatic heterocycles. The van der Waals surface area contributed by atoms with Crippen LogP contribution in [-0.4, -0.2) is 23.6 Å². The van der Waals surface area contributed by atoms with Crippen molar-refractivity contribution in [3.63, 3.8) is 0 Å². The number of benzene rings is 1. The summed E-state index contributed by atoms with van der Waals surface area (Å²) in [6, 6.07) is 8.40. The normalized spacial score (nSPS) is 20.5. The fraction of sp³-hybridized carbons (Fsp3) is 0.550. The number of rotatable bonds is 4. The van der Waals surface area contributed by atoms with E-state index in [0.29, 0.717) is 11.3 Å². The Labute approximate surface area is 167 Å². The van der Waals surface area contributed by atoms with Gasteiger partial charge in [0.25, 0.3) is 0 Å². The number of carbonyl (C=O) groups is 1. The molecular formula is C20H29Cl2N3O. The minimum atomic E-state index is 0. The summed E-state index contributed by atoms with van der Waals surface area (Å²) in [6.07, 6.45) is 5.49. The van der Waals surface area contributed by atoms with Crippen LogP contribution in [0.5, 0.6) is 0 Å². The highest BCUT2D eigenvalue weighted by Crippen LogP contribution is 2.58. The van der Waals surface area contributed by atoms with Crippen molar-refractivity contribution in [1.29, 1.82) is 0 Å². The Morgan fingerprint density at radius 2 is 2.00 bits per heavy atom. The van der Waals surface area contributed by atoms with Crippen LogP contribution in [0.2, 0.25) is 0 Å². The number of aromatic nitrogens is 1. The van der Waals surface area contributed by atoms with E-state index in [1.54, 1.807) is 0 Å². The second-order valence-corrected chi connectivity index (χ2v) is 7.99. The van der Waals surface area contributed by atoms with Gasteiger partial charge in [0, 0.05) is 35.2 Å². The van der Waals surface area contributed by atoms with Crippen molar-refractivity contribution < 1.29 is 4.79 Å². The van der Waals surface area contributed by atoms with Gasteiger partial charge in [-0.1, -0.05) is 13.8 Å². The molecule has 2 aliphatic rings. The average Bonchev–Trinajstić information content (AvgIpc) is 3.10. The molecule has 2 fully saturated rings. The smallest absolute Gasteiger partial charge is 0.228 e. The van der Waals surface area contributed by atoms with Gasteiger partial charge < -0.3 is 15.2 Å². The molecule has 1 spiro atoms. The third-order valence-electron chi connectivity index (χ3n) is 5.71. The standard InChI is InChI=1S/C20H27N3O.2ClH/c1-14(2)13-23-10-5-15-11-16(3-4-18(15)23)22-19(24)17-12-20(17)6-8-21-9-7-20;;/h3-5,10-11,14,17,21H,6-9,12-13H2,1-2H3,(H,22,24);2*1H. The molecule has 26 heavy (non-hydrogen) atoms. The van der Waals surface area contributed by atoms with E-state index in [9.17, 15) is 4.79 Å². The lowest BCUT2D eigenvalue weighted by Gasteiger charge is -2.23. The van der Waals surface area contributed by atoms with Gasteiger partial charge in [0.15, 0.2) is 0 Å². The van der Waals surface area contributed by atoms with Crippen molar-refractivity contribution in [3.8, 4) is 0 Å². The second kappa shape index (κ2) is 8.20. The lowest BCUT2D eigenvalue weighted by molar-refractivity contribution is -0.118. The molecule has 2 N–H and O–H groups in total. The van der Waals surface area contributed by atoms with Crippen molar-refractivity contribution in [1.82, 2.24) is 9.88 Å². The van der Waals surface area contributed by atoms with Crippen molar-refractivity contribution >= 4 is 47.3 Å². The van der Waals surface area contributed by atoms with Crippen LogP contribution < -0.4 is 10.6 Å². The van der Waals surface area contributed by atoms with Crippen LogP contribution in [0.3, 0.4) is 0 Å². The maximum absolute atomic E-state index is 12.6. The Balaban J connectivity index is 0.00000121. The van der Waals surface area contributed by atoms with Gasteiger partial charge in [0.2, 0.25) is 5.91 Å². The van der Waals surface area contributed by atoms with E-state index in [1.165, 1.54) is 10.9 Å². The quantitative estimate of drug-likeness (QED) is 0.798. The molecule has 1 saturated heterocycles. The van der Waals surface area contributed by atoms with Crippen LogP contribution >= 0.6 is 24.8 Å². The molecule has 1 atom stereocenters. The molecule has 4 rings (SSSR count). The number of amides is 1. The minimum absolute atomic E-state index is 0. The fourth-order valence-corrected chi connectivity index (χ4v) is 4.26. The number of hydrogen-bond acceptors (Lipinski definition) is 2. The van der Waals surface area contributed by atoms with Gasteiger partial charge >= 0.3 is 0 Å². The lowest BCUT2D eigenvalue weighted by Crippen LogP contribution is -2.31. The van der Waals surface area contributed by atoms with E-state index in [1.807, 2.05) is 6.07 Å². The number of fused-ring (bicyclic) bond motifs is 1. The highest BCUT2D eigenvalue weighted by Gasteiger charge is 2.57. The molecule has 1 saturated carbocycles. The molecule has 1 aliphatic carbocycles. The summed E-state index contributed by atoms with van der Waals surface area (Å²) in [5.74, 6) is 1.04. The zero-order chi connectivity index (χ0) is 16.7. The van der Waals surface area contributed by atoms with E-state index < -0.39 is 0 Å². The number of anilines is 1. The van der Waals surface area contributed by atoms with E-state index in [2.05, 4.69) is 53.4 Å². The van der Waals surface area contributed by atoms with Crippen molar-refractivity contribution in [2.24, 2.45) is 17.3 Å². The monoisotopic (exact) mass is 397 g/mol. The highest BCUT2D eigenvalue weighted by atomic mass is 35.5. The van der Waals surface area contributed by atoms with Crippen molar-refractivity contribution in [3.05, 3.63) is 30.5 Å². The van der Waals surface area contributed by atoms with E-state index in [-0.39, 0.29) is 36.6 Å². The highest BCUT2D eigenvalue weighted by molar-refractivity contribution is 5.97. The summed E-state index contributed by atoms with van der Waals surface area (Å²) in [4.78, 5) is 12.6. The Morgan fingerprint density at radius 3 is 2.69 bits per heavy atom. The summed E-state index contributed by atoms with van der Waals surface area (Å²) in [5, 5.41) is 7.74. The van der Waals surface area contributed by atoms with Gasteiger partial charge in [0.1, 0.15) is 0 Å². The fourth-order valence-electron chi connectivity index (χ4n) is 4.26. The molecule has 4 nitrogen and oxygen atoms in total. The molecule has 2 heterocycles. The van der Waals surface area contributed by atoms with Crippen LogP contribution in [0.25, 0.3) is 10.9 Å². The van der Waals surface area contributed by atoms with Crippen LogP contribution in [0.4, 0.5) is 5.69 Å². The first kappa shape index (κ1) is 21.1. The van der Waals surface area contributed by atoms with Gasteiger partial charge in [-0.05, 0) is 68.0 Å². The van der Waals surface area contributed by atoms with Crippen molar-refractivity contribution in [2.45, 2.75) is 39.7 Å². The van der Waals surface area contributed by atoms with Crippen LogP contribution in [0.1, 0.15) is 33.1 Å². The zero-order valence-corrected chi connectivity index (χ0v) is 17.1. The molecule has 1 amide bonds. The molecule has 6 heteroatoms. The third kappa shape index (κ3) is 4.03. The first-order valence-corrected chi connectivity index (χ1v) is 9.18. The van der Waals surface area contributed by atoms with Crippen molar-refractivity contribution in [2.75, 3.05) is 18.4 Å². The molecule has 0 bridgehead atoms. The molecule has 1 aromatic carbocycles. The Morgan fingerprint density at radius 1 is 1.27 bits per heavy atom. The molecule has 2 aromatic rings. The summed E-state index contributed by atoms with van der Waals surface area (Å²) in [7, 11) is 0. The largest absolute Gasteiger partial charge is 0.347 e. The van der Waals surface area contributed by atoms with Gasteiger partial charge in [-0.3, -0.25) is 4.79 Å². The predicted molar refractivity (Wildman–Crippen MR) is 113 cm³/mol. The van der Waals surface area contributed by atoms with E-state index in [4.69, 9.17) is 0 Å². The SMILES string of the molecule is CC(C)Cn1ccc2cc(NC(=O)C3CC34CCNCC4)ccc21.Cl.Cl. The third-order valence-corrected chi connectivity index (χ3v) is 5.71. The minimum Gasteiger partial charge on any atom is -0.347 e. The number of halogens is 2. The predicted octanol–water partition coefficient (Wildman–Crippen LogP) is 4.47. The maximum atomic E-state index is 12.6. The van der Waals surface area contributed by atoms with Gasteiger partial charge in [-0.2, -0.15) is 0 Å². The number of nitrogens with one attached hydrogen (secondary N) is 2. The summed E-state index contributed by atoms with van der Waals surface area (Å²) >= 11 is 0. The average molecular weight is 398 g/mol. The molecule has 144 valence electrons. The van der Waals surface area contributed by atoms with Gasteiger partial charge in [-0.15, -0.1) is 24.8 Å².